The topological polar surface area (TPSA) is 93.5 Å². The average Bonchev–Trinajstić information content (AvgIpc) is 2.60. The number of carbonyl (C=O) groups is 2. The van der Waals surface area contributed by atoms with Gasteiger partial charge in [0.1, 0.15) is 5.75 Å². The largest absolute Gasteiger partial charge is 0.484 e. The van der Waals surface area contributed by atoms with Crippen molar-refractivity contribution < 1.29 is 14.3 Å². The van der Waals surface area contributed by atoms with Gasteiger partial charge in [-0.1, -0.05) is 24.3 Å². The number of anilines is 1. The Bertz CT molecular complexity index is 684. The van der Waals surface area contributed by atoms with Gasteiger partial charge in [0, 0.05) is 13.6 Å². The SMILES string of the molecule is CNC(=O)c1ccccc1NC(=O)COc1ccc(CN)cc1. The molecule has 2 aromatic carbocycles. The molecule has 6 heteroatoms. The van der Waals surface area contributed by atoms with Crippen LogP contribution in [0.4, 0.5) is 5.69 Å². The predicted molar refractivity (Wildman–Crippen MR) is 88.3 cm³/mol. The van der Waals surface area contributed by atoms with Crippen LogP contribution in [0, 0.1) is 0 Å². The summed E-state index contributed by atoms with van der Waals surface area (Å²) in [5.74, 6) is -0.0274. The summed E-state index contributed by atoms with van der Waals surface area (Å²) in [5.41, 5.74) is 7.35. The van der Waals surface area contributed by atoms with Gasteiger partial charge in [-0.05, 0) is 29.8 Å². The molecular weight excluding hydrogens is 294 g/mol. The lowest BCUT2D eigenvalue weighted by molar-refractivity contribution is -0.118. The minimum atomic E-state index is -0.343. The van der Waals surface area contributed by atoms with Crippen molar-refractivity contribution in [3.8, 4) is 5.75 Å². The normalized spacial score (nSPS) is 10.0. The number of rotatable bonds is 6. The molecule has 0 fully saturated rings. The van der Waals surface area contributed by atoms with E-state index < -0.39 is 0 Å². The zero-order valence-corrected chi connectivity index (χ0v) is 12.8. The summed E-state index contributed by atoms with van der Waals surface area (Å²) in [6.45, 7) is 0.307. The van der Waals surface area contributed by atoms with Gasteiger partial charge in [0.05, 0.1) is 11.3 Å². The van der Waals surface area contributed by atoms with Gasteiger partial charge in [-0.15, -0.1) is 0 Å². The Balaban J connectivity index is 1.95. The van der Waals surface area contributed by atoms with E-state index in [0.717, 1.165) is 5.56 Å². The third kappa shape index (κ3) is 4.55. The molecule has 0 atom stereocenters. The summed E-state index contributed by atoms with van der Waals surface area (Å²) < 4.78 is 5.41. The molecule has 120 valence electrons. The molecule has 0 aliphatic rings. The van der Waals surface area contributed by atoms with E-state index >= 15 is 0 Å². The fourth-order valence-electron chi connectivity index (χ4n) is 1.98. The van der Waals surface area contributed by atoms with E-state index in [9.17, 15) is 9.59 Å². The zero-order valence-electron chi connectivity index (χ0n) is 12.8. The van der Waals surface area contributed by atoms with Crippen molar-refractivity contribution in [2.45, 2.75) is 6.54 Å². The monoisotopic (exact) mass is 313 g/mol. The molecular formula is C17H19N3O3. The van der Waals surface area contributed by atoms with Crippen molar-refractivity contribution in [2.24, 2.45) is 5.73 Å². The Labute approximate surface area is 134 Å². The standard InChI is InChI=1S/C17H19N3O3/c1-19-17(22)14-4-2-3-5-15(14)20-16(21)11-23-13-8-6-12(10-18)7-9-13/h2-9H,10-11,18H2,1H3,(H,19,22)(H,20,21). The summed E-state index contributed by atoms with van der Waals surface area (Å²) in [5, 5.41) is 5.21. The Hall–Kier alpha value is -2.86. The highest BCUT2D eigenvalue weighted by molar-refractivity contribution is 6.03. The van der Waals surface area contributed by atoms with Gasteiger partial charge in [0.25, 0.3) is 11.8 Å². The average molecular weight is 313 g/mol. The van der Waals surface area contributed by atoms with Crippen molar-refractivity contribution in [2.75, 3.05) is 19.0 Å². The first-order valence-electron chi connectivity index (χ1n) is 7.17. The molecule has 0 saturated carbocycles. The second kappa shape index (κ2) is 7.95. The quantitative estimate of drug-likeness (QED) is 0.754. The molecule has 0 aliphatic carbocycles. The van der Waals surface area contributed by atoms with Gasteiger partial charge in [-0.2, -0.15) is 0 Å². The molecule has 2 amide bonds. The van der Waals surface area contributed by atoms with Crippen molar-refractivity contribution in [3.63, 3.8) is 0 Å². The smallest absolute Gasteiger partial charge is 0.262 e. The number of para-hydroxylation sites is 1. The van der Waals surface area contributed by atoms with Crippen molar-refractivity contribution in [1.82, 2.24) is 5.32 Å². The van der Waals surface area contributed by atoms with Gasteiger partial charge in [0.15, 0.2) is 6.61 Å². The van der Waals surface area contributed by atoms with Crippen LogP contribution in [0.3, 0.4) is 0 Å². The van der Waals surface area contributed by atoms with Crippen LogP contribution in [0.25, 0.3) is 0 Å². The fourth-order valence-corrected chi connectivity index (χ4v) is 1.98. The summed E-state index contributed by atoms with van der Waals surface area (Å²) in [6, 6.07) is 14.0. The van der Waals surface area contributed by atoms with Gasteiger partial charge < -0.3 is 21.1 Å². The first kappa shape index (κ1) is 16.5. The third-order valence-corrected chi connectivity index (χ3v) is 3.20. The molecule has 6 nitrogen and oxygen atoms in total. The summed E-state index contributed by atoms with van der Waals surface area (Å²) in [7, 11) is 1.54. The third-order valence-electron chi connectivity index (χ3n) is 3.20. The molecule has 0 unspecified atom stereocenters. The molecule has 4 N–H and O–H groups in total. The molecule has 2 rings (SSSR count). The van der Waals surface area contributed by atoms with E-state index in [0.29, 0.717) is 23.5 Å². The highest BCUT2D eigenvalue weighted by Crippen LogP contribution is 2.15. The first-order chi connectivity index (χ1) is 11.1. The minimum absolute atomic E-state index is 0.149. The Morgan fingerprint density at radius 1 is 1.09 bits per heavy atom. The van der Waals surface area contributed by atoms with E-state index in [-0.39, 0.29) is 18.4 Å². The molecule has 23 heavy (non-hydrogen) atoms. The van der Waals surface area contributed by atoms with Gasteiger partial charge in [-0.25, -0.2) is 0 Å². The predicted octanol–water partition coefficient (Wildman–Crippen LogP) is 1.52. The van der Waals surface area contributed by atoms with Crippen LogP contribution < -0.4 is 21.1 Å². The molecule has 0 saturated heterocycles. The van der Waals surface area contributed by atoms with E-state index in [2.05, 4.69) is 10.6 Å². The second-order valence-corrected chi connectivity index (χ2v) is 4.81. The van der Waals surface area contributed by atoms with E-state index in [4.69, 9.17) is 10.5 Å². The van der Waals surface area contributed by atoms with Crippen LogP contribution in [-0.4, -0.2) is 25.5 Å². The maximum absolute atomic E-state index is 12.0. The van der Waals surface area contributed by atoms with Crippen molar-refractivity contribution in [3.05, 3.63) is 59.7 Å². The molecule has 0 bridgehead atoms. The number of hydrogen-bond acceptors (Lipinski definition) is 4. The summed E-state index contributed by atoms with van der Waals surface area (Å²) >= 11 is 0. The highest BCUT2D eigenvalue weighted by Gasteiger charge is 2.12. The number of nitrogens with two attached hydrogens (primary N) is 1. The maximum Gasteiger partial charge on any atom is 0.262 e. The minimum Gasteiger partial charge on any atom is -0.484 e. The lowest BCUT2D eigenvalue weighted by atomic mass is 10.1. The van der Waals surface area contributed by atoms with Gasteiger partial charge in [0.2, 0.25) is 0 Å². The number of benzene rings is 2. The Kier molecular flexibility index (Phi) is 5.71. The van der Waals surface area contributed by atoms with Crippen LogP contribution in [0.5, 0.6) is 5.75 Å². The van der Waals surface area contributed by atoms with Gasteiger partial charge >= 0.3 is 0 Å². The second-order valence-electron chi connectivity index (χ2n) is 4.81. The molecule has 0 radical (unpaired) electrons. The Morgan fingerprint density at radius 3 is 2.43 bits per heavy atom. The lowest BCUT2D eigenvalue weighted by Gasteiger charge is -2.11. The molecule has 0 spiro atoms. The fraction of sp³-hybridized carbons (Fsp3) is 0.176. The number of amides is 2. The number of ether oxygens (including phenoxy) is 1. The zero-order chi connectivity index (χ0) is 16.7. The molecule has 0 aromatic heterocycles. The summed E-state index contributed by atoms with van der Waals surface area (Å²) in [4.78, 5) is 23.7. The van der Waals surface area contributed by atoms with Crippen LogP contribution in [0.1, 0.15) is 15.9 Å². The number of hydrogen-bond donors (Lipinski definition) is 3. The van der Waals surface area contributed by atoms with Gasteiger partial charge in [-0.3, -0.25) is 9.59 Å². The van der Waals surface area contributed by atoms with E-state index in [1.165, 1.54) is 7.05 Å². The van der Waals surface area contributed by atoms with Crippen molar-refractivity contribution >= 4 is 17.5 Å². The van der Waals surface area contributed by atoms with Crippen LogP contribution in [0.2, 0.25) is 0 Å². The van der Waals surface area contributed by atoms with Crippen molar-refractivity contribution in [1.29, 1.82) is 0 Å². The number of nitrogens with one attached hydrogen (secondary N) is 2. The molecule has 0 heterocycles. The molecule has 0 aliphatic heterocycles. The molecule has 2 aromatic rings. The first-order valence-corrected chi connectivity index (χ1v) is 7.17. The van der Waals surface area contributed by atoms with E-state index in [1.54, 1.807) is 36.4 Å². The van der Waals surface area contributed by atoms with E-state index in [1.807, 2.05) is 12.1 Å². The van der Waals surface area contributed by atoms with Crippen LogP contribution in [0.15, 0.2) is 48.5 Å². The van der Waals surface area contributed by atoms with Crippen LogP contribution >= 0.6 is 0 Å². The summed E-state index contributed by atoms with van der Waals surface area (Å²) in [6.07, 6.45) is 0. The maximum atomic E-state index is 12.0. The highest BCUT2D eigenvalue weighted by atomic mass is 16.5. The Morgan fingerprint density at radius 2 is 1.78 bits per heavy atom. The number of carbonyl (C=O) groups excluding carboxylic acids is 2. The van der Waals surface area contributed by atoms with Crippen LogP contribution in [-0.2, 0) is 11.3 Å². The lowest BCUT2D eigenvalue weighted by Crippen LogP contribution is -2.24.